The highest BCUT2D eigenvalue weighted by molar-refractivity contribution is 5.37. The van der Waals surface area contributed by atoms with Crippen molar-refractivity contribution in [3.63, 3.8) is 0 Å². The summed E-state index contributed by atoms with van der Waals surface area (Å²) in [7, 11) is 0. The molecule has 1 N–H and O–H groups in total. The van der Waals surface area contributed by atoms with Crippen LogP contribution < -0.4 is 0 Å². The highest BCUT2D eigenvalue weighted by Crippen LogP contribution is 2.19. The van der Waals surface area contributed by atoms with E-state index in [1.54, 1.807) is 0 Å². The maximum absolute atomic E-state index is 9.21. The van der Waals surface area contributed by atoms with Crippen LogP contribution in [0.5, 0.6) is 5.75 Å². The van der Waals surface area contributed by atoms with E-state index in [-0.39, 0.29) is 7.43 Å². The van der Waals surface area contributed by atoms with Gasteiger partial charge in [0.1, 0.15) is 5.75 Å². The number of hydrogen-bond acceptors (Lipinski definition) is 1. The molecule has 1 rings (SSSR count). The van der Waals surface area contributed by atoms with Gasteiger partial charge in [-0.25, -0.2) is 0 Å². The van der Waals surface area contributed by atoms with E-state index in [2.05, 4.69) is 0 Å². The monoisotopic (exact) mass is 138 g/mol. The molecule has 0 unspecified atom stereocenters. The molecule has 1 heteroatoms. The number of para-hydroxylation sites is 1. The molecule has 0 spiro atoms. The Labute approximate surface area is 62.3 Å². The highest BCUT2D eigenvalue weighted by Gasteiger charge is 1.95. The molecular formula is C9H14O. The van der Waals surface area contributed by atoms with Gasteiger partial charge in [-0.05, 0) is 25.0 Å². The van der Waals surface area contributed by atoms with Gasteiger partial charge in [0.05, 0.1) is 0 Å². The van der Waals surface area contributed by atoms with Gasteiger partial charge in [0, 0.05) is 0 Å². The Morgan fingerprint density at radius 3 is 1.80 bits per heavy atom. The number of rotatable bonds is 0. The molecule has 10 heavy (non-hydrogen) atoms. The van der Waals surface area contributed by atoms with Crippen LogP contribution in [0.1, 0.15) is 18.6 Å². The lowest BCUT2D eigenvalue weighted by Gasteiger charge is -1.99. The lowest BCUT2D eigenvalue weighted by Crippen LogP contribution is -1.76. The standard InChI is InChI=1S/C8H10O.CH4/c1-6-4-3-5-7(2)8(6)9;/h3-5,9H,1-2H3;1H4. The van der Waals surface area contributed by atoms with Crippen LogP contribution in [-0.2, 0) is 0 Å². The molecule has 1 aromatic carbocycles. The van der Waals surface area contributed by atoms with Crippen molar-refractivity contribution in [2.75, 3.05) is 0 Å². The Morgan fingerprint density at radius 1 is 1.10 bits per heavy atom. The average Bonchev–Trinajstić information content (AvgIpc) is 1.83. The maximum Gasteiger partial charge on any atom is 0.121 e. The minimum atomic E-state index is 0. The summed E-state index contributed by atoms with van der Waals surface area (Å²) >= 11 is 0. The van der Waals surface area contributed by atoms with Crippen LogP contribution in [0.2, 0.25) is 0 Å². The van der Waals surface area contributed by atoms with Crippen LogP contribution in [0, 0.1) is 13.8 Å². The number of aryl methyl sites for hydroxylation is 2. The Morgan fingerprint density at radius 2 is 1.50 bits per heavy atom. The predicted molar refractivity (Wildman–Crippen MR) is 44.3 cm³/mol. The first-order valence-electron chi connectivity index (χ1n) is 2.97. The SMILES string of the molecule is C.Cc1cccc(C)c1O. The molecule has 1 aromatic rings. The summed E-state index contributed by atoms with van der Waals surface area (Å²) in [5.74, 6) is 0.414. The molecule has 0 aliphatic heterocycles. The van der Waals surface area contributed by atoms with Crippen LogP contribution >= 0.6 is 0 Å². The molecule has 0 aromatic heterocycles. The van der Waals surface area contributed by atoms with Crippen LogP contribution in [0.25, 0.3) is 0 Å². The van der Waals surface area contributed by atoms with Crippen molar-refractivity contribution >= 4 is 0 Å². The predicted octanol–water partition coefficient (Wildman–Crippen LogP) is 2.65. The summed E-state index contributed by atoms with van der Waals surface area (Å²) in [4.78, 5) is 0. The largest absolute Gasteiger partial charge is 0.507 e. The molecule has 0 radical (unpaired) electrons. The van der Waals surface area contributed by atoms with E-state index in [0.717, 1.165) is 11.1 Å². The molecule has 0 saturated heterocycles. The number of hydrogen-bond donors (Lipinski definition) is 1. The molecule has 56 valence electrons. The average molecular weight is 138 g/mol. The third-order valence-corrected chi connectivity index (χ3v) is 1.44. The lowest BCUT2D eigenvalue weighted by molar-refractivity contribution is 0.467. The Hall–Kier alpha value is -0.980. The van der Waals surface area contributed by atoms with Crippen molar-refractivity contribution in [2.24, 2.45) is 0 Å². The van der Waals surface area contributed by atoms with E-state index in [4.69, 9.17) is 0 Å². The summed E-state index contributed by atoms with van der Waals surface area (Å²) in [6.45, 7) is 3.78. The third kappa shape index (κ3) is 1.50. The summed E-state index contributed by atoms with van der Waals surface area (Å²) in [6, 6.07) is 5.72. The van der Waals surface area contributed by atoms with Gasteiger partial charge in [-0.15, -0.1) is 0 Å². The van der Waals surface area contributed by atoms with Gasteiger partial charge >= 0.3 is 0 Å². The summed E-state index contributed by atoms with van der Waals surface area (Å²) < 4.78 is 0. The van der Waals surface area contributed by atoms with Gasteiger partial charge in [-0.1, -0.05) is 25.6 Å². The zero-order valence-corrected chi connectivity index (χ0v) is 5.68. The van der Waals surface area contributed by atoms with E-state index in [9.17, 15) is 5.11 Å². The first-order chi connectivity index (χ1) is 4.22. The highest BCUT2D eigenvalue weighted by atomic mass is 16.3. The fourth-order valence-electron chi connectivity index (χ4n) is 0.806. The van der Waals surface area contributed by atoms with Crippen molar-refractivity contribution < 1.29 is 5.11 Å². The molecular weight excluding hydrogens is 124 g/mol. The summed E-state index contributed by atoms with van der Waals surface area (Å²) in [5.41, 5.74) is 1.88. The van der Waals surface area contributed by atoms with Crippen LogP contribution in [0.3, 0.4) is 0 Å². The van der Waals surface area contributed by atoms with Crippen molar-refractivity contribution in [1.29, 1.82) is 0 Å². The van der Waals surface area contributed by atoms with E-state index < -0.39 is 0 Å². The topological polar surface area (TPSA) is 20.2 Å². The molecule has 0 heterocycles. The first kappa shape index (κ1) is 9.02. The summed E-state index contributed by atoms with van der Waals surface area (Å²) in [6.07, 6.45) is 0. The lowest BCUT2D eigenvalue weighted by atomic mass is 10.1. The van der Waals surface area contributed by atoms with E-state index in [1.165, 1.54) is 0 Å². The van der Waals surface area contributed by atoms with Crippen LogP contribution in [0.15, 0.2) is 18.2 Å². The second-order valence-electron chi connectivity index (χ2n) is 2.24. The van der Waals surface area contributed by atoms with Gasteiger partial charge < -0.3 is 5.11 Å². The van der Waals surface area contributed by atoms with E-state index >= 15 is 0 Å². The number of phenolic OH excluding ortho intramolecular Hbond substituents is 1. The van der Waals surface area contributed by atoms with E-state index in [0.29, 0.717) is 5.75 Å². The Bertz CT molecular complexity index is 196. The van der Waals surface area contributed by atoms with Crippen molar-refractivity contribution in [2.45, 2.75) is 21.3 Å². The Kier molecular flexibility index (Phi) is 2.94. The second kappa shape index (κ2) is 3.25. The Balaban J connectivity index is 0.000000810. The molecule has 1 nitrogen and oxygen atoms in total. The van der Waals surface area contributed by atoms with Gasteiger partial charge in [0.25, 0.3) is 0 Å². The van der Waals surface area contributed by atoms with Gasteiger partial charge in [0.15, 0.2) is 0 Å². The smallest absolute Gasteiger partial charge is 0.121 e. The van der Waals surface area contributed by atoms with Crippen molar-refractivity contribution in [3.05, 3.63) is 29.3 Å². The fourth-order valence-corrected chi connectivity index (χ4v) is 0.806. The van der Waals surface area contributed by atoms with Crippen molar-refractivity contribution in [3.8, 4) is 5.75 Å². The second-order valence-corrected chi connectivity index (χ2v) is 2.24. The van der Waals surface area contributed by atoms with Crippen LogP contribution in [-0.4, -0.2) is 5.11 Å². The number of aromatic hydroxyl groups is 1. The van der Waals surface area contributed by atoms with Gasteiger partial charge in [-0.2, -0.15) is 0 Å². The zero-order chi connectivity index (χ0) is 6.85. The molecule has 0 aliphatic rings. The minimum Gasteiger partial charge on any atom is -0.507 e. The fraction of sp³-hybridized carbons (Fsp3) is 0.333. The van der Waals surface area contributed by atoms with Crippen LogP contribution in [0.4, 0.5) is 0 Å². The summed E-state index contributed by atoms with van der Waals surface area (Å²) in [5, 5.41) is 9.21. The number of phenols is 1. The molecule has 0 aliphatic carbocycles. The minimum absolute atomic E-state index is 0. The molecule has 0 amide bonds. The first-order valence-corrected chi connectivity index (χ1v) is 2.97. The van der Waals surface area contributed by atoms with Crippen molar-refractivity contribution in [1.82, 2.24) is 0 Å². The number of benzene rings is 1. The molecule has 0 atom stereocenters. The van der Waals surface area contributed by atoms with Gasteiger partial charge in [0.2, 0.25) is 0 Å². The van der Waals surface area contributed by atoms with Gasteiger partial charge in [-0.3, -0.25) is 0 Å². The normalized spacial score (nSPS) is 8.60. The molecule has 0 bridgehead atoms. The third-order valence-electron chi connectivity index (χ3n) is 1.44. The van der Waals surface area contributed by atoms with E-state index in [1.807, 2.05) is 32.0 Å². The molecule has 0 fully saturated rings. The maximum atomic E-state index is 9.21. The quantitative estimate of drug-likeness (QED) is 0.584. The zero-order valence-electron chi connectivity index (χ0n) is 5.68. The molecule has 0 saturated carbocycles.